The van der Waals surface area contributed by atoms with Crippen molar-refractivity contribution in [3.05, 3.63) is 89.9 Å². The van der Waals surface area contributed by atoms with Crippen LogP contribution in [0.2, 0.25) is 0 Å². The van der Waals surface area contributed by atoms with Crippen molar-refractivity contribution in [3.63, 3.8) is 0 Å². The molecule has 4 nitrogen and oxygen atoms in total. The van der Waals surface area contributed by atoms with E-state index in [0.29, 0.717) is 6.61 Å². The van der Waals surface area contributed by atoms with Crippen LogP contribution in [0.4, 0.5) is 4.79 Å². The zero-order chi connectivity index (χ0) is 20.1. The van der Waals surface area contributed by atoms with Crippen LogP contribution >= 0.6 is 0 Å². The van der Waals surface area contributed by atoms with Gasteiger partial charge in [0.25, 0.3) is 0 Å². The molecule has 6 rings (SSSR count). The summed E-state index contributed by atoms with van der Waals surface area (Å²) in [5.74, 6) is 0.0980. The average molecular weight is 397 g/mol. The highest BCUT2D eigenvalue weighted by Gasteiger charge is 2.41. The van der Waals surface area contributed by atoms with Crippen molar-refractivity contribution in [2.75, 3.05) is 6.61 Å². The lowest BCUT2D eigenvalue weighted by Crippen LogP contribution is -2.43. The fourth-order valence-corrected chi connectivity index (χ4v) is 5.44. The molecule has 0 saturated carbocycles. The summed E-state index contributed by atoms with van der Waals surface area (Å²) in [5, 5.41) is 0. The van der Waals surface area contributed by atoms with E-state index in [0.717, 1.165) is 24.8 Å². The fourth-order valence-electron chi connectivity index (χ4n) is 5.44. The monoisotopic (exact) mass is 397 g/mol. The predicted octanol–water partition coefficient (Wildman–Crippen LogP) is 5.85. The van der Waals surface area contributed by atoms with Gasteiger partial charge in [-0.2, -0.15) is 0 Å². The molecule has 1 fully saturated rings. The molecule has 0 spiro atoms. The Morgan fingerprint density at radius 2 is 1.73 bits per heavy atom. The van der Waals surface area contributed by atoms with E-state index < -0.39 is 0 Å². The number of carbonyl (C=O) groups excluding carboxylic acids is 1. The van der Waals surface area contributed by atoms with E-state index in [2.05, 4.69) is 54.6 Å². The van der Waals surface area contributed by atoms with E-state index in [1.165, 1.54) is 27.8 Å². The first-order valence-corrected chi connectivity index (χ1v) is 10.7. The molecule has 150 valence electrons. The lowest BCUT2D eigenvalue weighted by molar-refractivity contribution is 0.0866. The smallest absolute Gasteiger partial charge is 0.410 e. The second kappa shape index (κ2) is 6.91. The summed E-state index contributed by atoms with van der Waals surface area (Å²) in [4.78, 5) is 15.0. The van der Waals surface area contributed by atoms with Crippen molar-refractivity contribution >= 4 is 11.7 Å². The topological polar surface area (TPSA) is 42.7 Å². The summed E-state index contributed by atoms with van der Waals surface area (Å²) < 4.78 is 11.2. The molecule has 2 bridgehead atoms. The van der Waals surface area contributed by atoms with Gasteiger partial charge in [0.1, 0.15) is 6.61 Å². The summed E-state index contributed by atoms with van der Waals surface area (Å²) in [6, 6.07) is 19.2. The van der Waals surface area contributed by atoms with Gasteiger partial charge in [0, 0.05) is 17.5 Å². The molecule has 3 heterocycles. The minimum Gasteiger partial charge on any atom is -0.472 e. The molecule has 1 aliphatic carbocycles. The number of nitrogens with zero attached hydrogens (tertiary/aromatic N) is 1. The van der Waals surface area contributed by atoms with Crippen LogP contribution < -0.4 is 0 Å². The predicted molar refractivity (Wildman–Crippen MR) is 115 cm³/mol. The highest BCUT2D eigenvalue weighted by atomic mass is 16.6. The molecule has 1 aromatic heterocycles. The fraction of sp³-hybridized carbons (Fsp3) is 0.269. The van der Waals surface area contributed by atoms with Gasteiger partial charge in [-0.1, -0.05) is 54.6 Å². The molecule has 2 unspecified atom stereocenters. The maximum atomic E-state index is 13.1. The standard InChI is InChI=1S/C26H23NO3/c28-26(27-19-9-10-20(27)14-18(13-19)17-11-12-29-15-17)30-16-25-23-7-3-1-5-21(23)22-6-2-4-8-24(22)25/h1-8,11-13,15,19-20,25H,9-10,14,16H2. The lowest BCUT2D eigenvalue weighted by atomic mass is 9.97. The molecular weight excluding hydrogens is 374 g/mol. The van der Waals surface area contributed by atoms with Gasteiger partial charge in [0.05, 0.1) is 18.6 Å². The first-order valence-electron chi connectivity index (χ1n) is 10.7. The zero-order valence-electron chi connectivity index (χ0n) is 16.7. The Morgan fingerprint density at radius 3 is 2.40 bits per heavy atom. The Morgan fingerprint density at radius 1 is 1.00 bits per heavy atom. The minimum atomic E-state index is -0.188. The molecule has 1 amide bonds. The number of ether oxygens (including phenoxy) is 1. The third kappa shape index (κ3) is 2.71. The zero-order valence-corrected chi connectivity index (χ0v) is 16.7. The van der Waals surface area contributed by atoms with E-state index in [9.17, 15) is 4.79 Å². The molecule has 2 aromatic carbocycles. The van der Waals surface area contributed by atoms with E-state index in [4.69, 9.17) is 9.15 Å². The molecular formula is C26H23NO3. The van der Waals surface area contributed by atoms with E-state index in [-0.39, 0.29) is 24.1 Å². The van der Waals surface area contributed by atoms with Crippen LogP contribution in [-0.4, -0.2) is 29.7 Å². The Bertz CT molecular complexity index is 1090. The van der Waals surface area contributed by atoms with Gasteiger partial charge in [-0.05, 0) is 53.2 Å². The second-order valence-corrected chi connectivity index (χ2v) is 8.42. The molecule has 4 heteroatoms. The van der Waals surface area contributed by atoms with Crippen LogP contribution in [0.15, 0.2) is 77.6 Å². The van der Waals surface area contributed by atoms with Gasteiger partial charge >= 0.3 is 6.09 Å². The largest absolute Gasteiger partial charge is 0.472 e. The highest BCUT2D eigenvalue weighted by Crippen LogP contribution is 2.45. The first-order chi connectivity index (χ1) is 14.8. The number of hydrogen-bond acceptors (Lipinski definition) is 3. The van der Waals surface area contributed by atoms with Crippen molar-refractivity contribution < 1.29 is 13.9 Å². The third-order valence-corrected chi connectivity index (χ3v) is 6.83. The number of benzene rings is 2. The molecule has 0 N–H and O–H groups in total. The third-order valence-electron chi connectivity index (χ3n) is 6.83. The molecule has 2 aliphatic heterocycles. The molecule has 30 heavy (non-hydrogen) atoms. The summed E-state index contributed by atoms with van der Waals surface area (Å²) in [5.41, 5.74) is 7.39. The van der Waals surface area contributed by atoms with Gasteiger partial charge in [-0.25, -0.2) is 4.79 Å². The van der Waals surface area contributed by atoms with Crippen molar-refractivity contribution in [1.29, 1.82) is 0 Å². The Kier molecular flexibility index (Phi) is 4.05. The lowest BCUT2D eigenvalue weighted by Gasteiger charge is -2.33. The SMILES string of the molecule is O=C(OCC1c2ccccc2-c2ccccc21)N1C2C=C(c3ccoc3)CC1CC2. The molecule has 0 radical (unpaired) electrons. The maximum Gasteiger partial charge on any atom is 0.410 e. The summed E-state index contributed by atoms with van der Waals surface area (Å²) in [6.45, 7) is 0.376. The van der Waals surface area contributed by atoms with E-state index in [1.807, 2.05) is 11.0 Å². The van der Waals surface area contributed by atoms with Gasteiger partial charge in [-0.15, -0.1) is 0 Å². The molecule has 1 saturated heterocycles. The minimum absolute atomic E-state index is 0.0980. The number of rotatable bonds is 3. The number of furan rings is 1. The average Bonchev–Trinajstić information content (AvgIpc) is 3.48. The van der Waals surface area contributed by atoms with Gasteiger partial charge < -0.3 is 9.15 Å². The number of carbonyl (C=O) groups is 1. The van der Waals surface area contributed by atoms with Crippen molar-refractivity contribution in [2.24, 2.45) is 0 Å². The quantitative estimate of drug-likeness (QED) is 0.557. The summed E-state index contributed by atoms with van der Waals surface area (Å²) in [6.07, 6.45) is 8.40. The highest BCUT2D eigenvalue weighted by molar-refractivity contribution is 5.79. The van der Waals surface area contributed by atoms with Gasteiger partial charge in [-0.3, -0.25) is 4.90 Å². The van der Waals surface area contributed by atoms with Crippen LogP contribution in [0.3, 0.4) is 0 Å². The summed E-state index contributed by atoms with van der Waals surface area (Å²) >= 11 is 0. The number of fused-ring (bicyclic) bond motifs is 5. The Labute approximate surface area is 175 Å². The number of amides is 1. The van der Waals surface area contributed by atoms with Crippen molar-refractivity contribution in [3.8, 4) is 11.1 Å². The second-order valence-electron chi connectivity index (χ2n) is 8.42. The number of hydrogen-bond donors (Lipinski definition) is 0. The normalized spacial score (nSPS) is 21.9. The van der Waals surface area contributed by atoms with E-state index in [1.54, 1.807) is 12.5 Å². The van der Waals surface area contributed by atoms with E-state index >= 15 is 0 Å². The first kappa shape index (κ1) is 17.6. The molecule has 3 aromatic rings. The molecule has 2 atom stereocenters. The molecule has 3 aliphatic rings. The van der Waals surface area contributed by atoms with Crippen LogP contribution in [0.25, 0.3) is 16.7 Å². The Hall–Kier alpha value is -3.27. The van der Waals surface area contributed by atoms with Gasteiger partial charge in [0.15, 0.2) is 0 Å². The van der Waals surface area contributed by atoms with Gasteiger partial charge in [0.2, 0.25) is 0 Å². The van der Waals surface area contributed by atoms with Crippen LogP contribution in [0.5, 0.6) is 0 Å². The van der Waals surface area contributed by atoms with Crippen molar-refractivity contribution in [1.82, 2.24) is 4.90 Å². The van der Waals surface area contributed by atoms with Crippen molar-refractivity contribution in [2.45, 2.75) is 37.3 Å². The summed E-state index contributed by atoms with van der Waals surface area (Å²) in [7, 11) is 0. The maximum absolute atomic E-state index is 13.1. The Balaban J connectivity index is 1.21. The van der Waals surface area contributed by atoms with Crippen LogP contribution in [-0.2, 0) is 4.74 Å². The van der Waals surface area contributed by atoms with Crippen LogP contribution in [0, 0.1) is 0 Å². The van der Waals surface area contributed by atoms with Crippen LogP contribution in [0.1, 0.15) is 41.9 Å².